The molecule has 0 aliphatic heterocycles. The Bertz CT molecular complexity index is 355. The monoisotopic (exact) mass is 338 g/mol. The zero-order chi connectivity index (χ0) is 17.0. The van der Waals surface area contributed by atoms with E-state index in [-0.39, 0.29) is 5.97 Å². The lowest BCUT2D eigenvalue weighted by molar-refractivity contribution is -0.140. The normalized spacial score (nSPS) is 10.5. The minimum Gasteiger partial charge on any atom is -0.469 e. The second-order valence-corrected chi connectivity index (χ2v) is 6.68. The van der Waals surface area contributed by atoms with Gasteiger partial charge in [0.05, 0.1) is 7.11 Å². The summed E-state index contributed by atoms with van der Waals surface area (Å²) >= 11 is 1.90. The Balaban J connectivity index is 3.32. The van der Waals surface area contributed by atoms with E-state index in [4.69, 9.17) is 0 Å². The van der Waals surface area contributed by atoms with Gasteiger partial charge in [-0.25, -0.2) is 0 Å². The van der Waals surface area contributed by atoms with Crippen molar-refractivity contribution in [1.82, 2.24) is 0 Å². The third-order valence-corrected chi connectivity index (χ3v) is 4.33. The number of hydrogen-bond acceptors (Lipinski definition) is 3. The minimum atomic E-state index is -0.134. The van der Waals surface area contributed by atoms with E-state index >= 15 is 0 Å². The van der Waals surface area contributed by atoms with Crippen LogP contribution in [-0.4, -0.2) is 24.6 Å². The van der Waals surface area contributed by atoms with Gasteiger partial charge in [0.2, 0.25) is 0 Å². The number of thioether (sulfide) groups is 1. The quantitative estimate of drug-likeness (QED) is 0.157. The fourth-order valence-electron chi connectivity index (χ4n) is 2.09. The van der Waals surface area contributed by atoms with Gasteiger partial charge in [0.1, 0.15) is 0 Å². The number of esters is 1. The van der Waals surface area contributed by atoms with Gasteiger partial charge < -0.3 is 4.74 Å². The lowest BCUT2D eigenvalue weighted by Crippen LogP contribution is -1.98. The van der Waals surface area contributed by atoms with Gasteiger partial charge in [0.15, 0.2) is 0 Å². The molecule has 2 nitrogen and oxygen atoms in total. The van der Waals surface area contributed by atoms with Crippen molar-refractivity contribution in [1.29, 1.82) is 0 Å². The van der Waals surface area contributed by atoms with E-state index in [1.807, 2.05) is 17.8 Å². The van der Waals surface area contributed by atoms with Crippen molar-refractivity contribution in [3.63, 3.8) is 0 Å². The van der Waals surface area contributed by atoms with Crippen LogP contribution < -0.4 is 0 Å². The number of carbonyl (C=O) groups excluding carboxylic acids is 1. The Morgan fingerprint density at radius 2 is 1.74 bits per heavy atom. The van der Waals surface area contributed by atoms with Crippen LogP contribution in [0.1, 0.15) is 71.1 Å². The van der Waals surface area contributed by atoms with Gasteiger partial charge in [-0.1, -0.05) is 51.2 Å². The molecule has 0 rings (SSSR count). The summed E-state index contributed by atoms with van der Waals surface area (Å²) in [6, 6.07) is 0. The van der Waals surface area contributed by atoms with Gasteiger partial charge in [0.25, 0.3) is 0 Å². The van der Waals surface area contributed by atoms with Gasteiger partial charge in [-0.05, 0) is 37.8 Å². The Morgan fingerprint density at radius 3 is 2.52 bits per heavy atom. The molecule has 0 aromatic carbocycles. The third kappa shape index (κ3) is 19.0. The summed E-state index contributed by atoms with van der Waals surface area (Å²) in [6.45, 7) is 2.26. The SMILES string of the molecule is CCCCCCCC/C=C\CSCC=C=CCCCC(=O)OC. The Hall–Kier alpha value is -0.920. The first-order valence-electron chi connectivity index (χ1n) is 9.00. The van der Waals surface area contributed by atoms with Crippen molar-refractivity contribution in [3.8, 4) is 0 Å². The summed E-state index contributed by atoms with van der Waals surface area (Å²) in [6.07, 6.45) is 20.3. The van der Waals surface area contributed by atoms with Gasteiger partial charge in [-0.15, -0.1) is 5.73 Å². The molecule has 0 N–H and O–H groups in total. The maximum absolute atomic E-state index is 10.9. The molecule has 0 unspecified atom stereocenters. The molecule has 0 radical (unpaired) electrons. The van der Waals surface area contributed by atoms with E-state index in [2.05, 4.69) is 35.6 Å². The number of allylic oxidation sites excluding steroid dienone is 1. The molecule has 0 aromatic rings. The summed E-state index contributed by atoms with van der Waals surface area (Å²) in [5, 5.41) is 0. The summed E-state index contributed by atoms with van der Waals surface area (Å²) in [7, 11) is 1.43. The first-order chi connectivity index (χ1) is 11.3. The zero-order valence-corrected chi connectivity index (χ0v) is 15.8. The average molecular weight is 339 g/mol. The maximum Gasteiger partial charge on any atom is 0.305 e. The Labute approximate surface area is 147 Å². The van der Waals surface area contributed by atoms with Crippen molar-refractivity contribution < 1.29 is 9.53 Å². The van der Waals surface area contributed by atoms with E-state index < -0.39 is 0 Å². The van der Waals surface area contributed by atoms with Crippen LogP contribution in [0.15, 0.2) is 30.0 Å². The molecule has 0 heterocycles. The van der Waals surface area contributed by atoms with Gasteiger partial charge in [-0.3, -0.25) is 4.79 Å². The Morgan fingerprint density at radius 1 is 0.957 bits per heavy atom. The number of carbonyl (C=O) groups is 1. The maximum atomic E-state index is 10.9. The van der Waals surface area contributed by atoms with E-state index in [0.29, 0.717) is 6.42 Å². The molecule has 0 bridgehead atoms. The topological polar surface area (TPSA) is 26.3 Å². The number of unbranched alkanes of at least 4 members (excludes halogenated alkanes) is 7. The molecule has 0 fully saturated rings. The number of rotatable bonds is 15. The van der Waals surface area contributed by atoms with Crippen LogP contribution in [0.25, 0.3) is 0 Å². The van der Waals surface area contributed by atoms with Crippen LogP contribution in [0, 0.1) is 0 Å². The van der Waals surface area contributed by atoms with Crippen LogP contribution in [0.5, 0.6) is 0 Å². The molecule has 0 aliphatic carbocycles. The van der Waals surface area contributed by atoms with E-state index in [9.17, 15) is 4.79 Å². The molecule has 0 atom stereocenters. The fourth-order valence-corrected chi connectivity index (χ4v) is 2.71. The van der Waals surface area contributed by atoms with E-state index in [1.54, 1.807) is 0 Å². The second-order valence-electron chi connectivity index (χ2n) is 5.61. The van der Waals surface area contributed by atoms with Crippen molar-refractivity contribution in [2.24, 2.45) is 0 Å². The molecule has 0 saturated heterocycles. The van der Waals surface area contributed by atoms with Gasteiger partial charge in [-0.2, -0.15) is 11.8 Å². The molecule has 0 aromatic heterocycles. The van der Waals surface area contributed by atoms with Crippen molar-refractivity contribution in [3.05, 3.63) is 30.0 Å². The first kappa shape index (κ1) is 22.1. The summed E-state index contributed by atoms with van der Waals surface area (Å²) in [5.74, 6) is 1.94. The molecule has 0 saturated carbocycles. The molecule has 132 valence electrons. The standard InChI is InChI=1S/C20H34O2S/c1-3-4-5-6-7-8-9-12-15-18-23-19-16-13-10-11-14-17-20(21)22-2/h10,12,15-16H,3-9,11,14,17-19H2,1-2H3/b15-12-. The number of ether oxygens (including phenoxy) is 1. The molecule has 3 heteroatoms. The van der Waals surface area contributed by atoms with E-state index in [1.165, 1.54) is 52.1 Å². The molecule has 0 amide bonds. The first-order valence-corrected chi connectivity index (χ1v) is 10.2. The summed E-state index contributed by atoms with van der Waals surface area (Å²) < 4.78 is 4.59. The smallest absolute Gasteiger partial charge is 0.305 e. The second kappa shape index (κ2) is 19.1. The van der Waals surface area contributed by atoms with Crippen molar-refractivity contribution >= 4 is 17.7 Å². The lowest BCUT2D eigenvalue weighted by Gasteiger charge is -1.97. The van der Waals surface area contributed by atoms with Crippen molar-refractivity contribution in [2.45, 2.75) is 71.1 Å². The highest BCUT2D eigenvalue weighted by Gasteiger charge is 1.96. The van der Waals surface area contributed by atoms with Crippen LogP contribution in [0.2, 0.25) is 0 Å². The average Bonchev–Trinajstić information content (AvgIpc) is 2.57. The van der Waals surface area contributed by atoms with Crippen LogP contribution in [-0.2, 0) is 9.53 Å². The summed E-state index contributed by atoms with van der Waals surface area (Å²) in [4.78, 5) is 10.9. The van der Waals surface area contributed by atoms with Gasteiger partial charge in [0, 0.05) is 17.9 Å². The van der Waals surface area contributed by atoms with Crippen LogP contribution >= 0.6 is 11.8 Å². The van der Waals surface area contributed by atoms with Crippen LogP contribution in [0.4, 0.5) is 0 Å². The highest BCUT2D eigenvalue weighted by atomic mass is 32.2. The number of methoxy groups -OCH3 is 1. The summed E-state index contributed by atoms with van der Waals surface area (Å²) in [5.41, 5.74) is 3.17. The molecular formula is C20H34O2S. The van der Waals surface area contributed by atoms with Crippen molar-refractivity contribution in [2.75, 3.05) is 18.6 Å². The van der Waals surface area contributed by atoms with E-state index in [0.717, 1.165) is 24.3 Å². The van der Waals surface area contributed by atoms with Gasteiger partial charge >= 0.3 is 5.97 Å². The zero-order valence-electron chi connectivity index (χ0n) is 15.0. The minimum absolute atomic E-state index is 0.134. The largest absolute Gasteiger partial charge is 0.469 e. The molecular weight excluding hydrogens is 304 g/mol. The molecule has 23 heavy (non-hydrogen) atoms. The highest BCUT2D eigenvalue weighted by Crippen LogP contribution is 2.08. The lowest BCUT2D eigenvalue weighted by atomic mass is 10.1. The predicted octanol–water partition coefficient (Wildman–Crippen LogP) is 6.08. The fraction of sp³-hybridized carbons (Fsp3) is 0.700. The third-order valence-electron chi connectivity index (χ3n) is 3.50. The highest BCUT2D eigenvalue weighted by molar-refractivity contribution is 7.99. The van der Waals surface area contributed by atoms with Crippen LogP contribution in [0.3, 0.4) is 0 Å². The Kier molecular flexibility index (Phi) is 18.4. The predicted molar refractivity (Wildman–Crippen MR) is 103 cm³/mol. The number of hydrogen-bond donors (Lipinski definition) is 0. The molecule has 0 spiro atoms. The molecule has 0 aliphatic rings.